The number of hydrogen-bond acceptors (Lipinski definition) is 6. The second kappa shape index (κ2) is 12.2. The number of hydrogen-bond donors (Lipinski definition) is 2. The number of benzene rings is 2. The zero-order valence-electron chi connectivity index (χ0n) is 18.7. The van der Waals surface area contributed by atoms with Crippen molar-refractivity contribution in [3.05, 3.63) is 52.5 Å². The van der Waals surface area contributed by atoms with E-state index in [1.165, 1.54) is 5.56 Å². The van der Waals surface area contributed by atoms with Crippen molar-refractivity contribution in [2.75, 3.05) is 58.3 Å². The third-order valence-electron chi connectivity index (χ3n) is 5.52. The molecule has 1 fully saturated rings. The molecule has 32 heavy (non-hydrogen) atoms. The summed E-state index contributed by atoms with van der Waals surface area (Å²) in [5.41, 5.74) is 2.02. The van der Waals surface area contributed by atoms with Crippen LogP contribution in [0.25, 0.3) is 0 Å². The third kappa shape index (κ3) is 7.20. The van der Waals surface area contributed by atoms with Crippen LogP contribution >= 0.6 is 15.9 Å². The van der Waals surface area contributed by atoms with Crippen molar-refractivity contribution in [1.29, 1.82) is 0 Å². The van der Waals surface area contributed by atoms with Gasteiger partial charge < -0.3 is 19.9 Å². The van der Waals surface area contributed by atoms with Crippen LogP contribution in [0.15, 0.2) is 46.9 Å². The van der Waals surface area contributed by atoms with Crippen molar-refractivity contribution < 1.29 is 19.4 Å². The Balaban J connectivity index is 1.37. The average Bonchev–Trinajstić information content (AvgIpc) is 2.79. The number of nitrogens with one attached hydrogen (secondary N) is 1. The Morgan fingerprint density at radius 3 is 2.47 bits per heavy atom. The number of nitrogens with zero attached hydrogens (tertiary/aromatic N) is 2. The highest BCUT2D eigenvalue weighted by molar-refractivity contribution is 9.10. The van der Waals surface area contributed by atoms with Crippen molar-refractivity contribution in [3.63, 3.8) is 0 Å². The van der Waals surface area contributed by atoms with Gasteiger partial charge in [-0.25, -0.2) is 0 Å². The Hall–Kier alpha value is -2.13. The number of ether oxygens (including phenoxy) is 2. The van der Waals surface area contributed by atoms with E-state index < -0.39 is 6.10 Å². The summed E-state index contributed by atoms with van der Waals surface area (Å²) in [6.45, 7) is 6.37. The van der Waals surface area contributed by atoms with E-state index >= 15 is 0 Å². The fraction of sp³-hybridized carbons (Fsp3) is 0.458. The summed E-state index contributed by atoms with van der Waals surface area (Å²) in [4.78, 5) is 16.8. The molecule has 1 heterocycles. The van der Waals surface area contributed by atoms with Crippen LogP contribution in [0, 0.1) is 0 Å². The lowest BCUT2D eigenvalue weighted by Gasteiger charge is -2.35. The molecule has 0 aromatic heterocycles. The van der Waals surface area contributed by atoms with E-state index in [2.05, 4.69) is 38.0 Å². The minimum absolute atomic E-state index is 0.0140. The van der Waals surface area contributed by atoms with Gasteiger partial charge in [0.1, 0.15) is 12.7 Å². The summed E-state index contributed by atoms with van der Waals surface area (Å²) in [5, 5.41) is 13.3. The maximum atomic E-state index is 12.4. The number of halogens is 1. The molecule has 2 aromatic rings. The van der Waals surface area contributed by atoms with Gasteiger partial charge in [0.2, 0.25) is 5.91 Å². The van der Waals surface area contributed by atoms with E-state index in [9.17, 15) is 9.90 Å². The number of anilines is 1. The van der Waals surface area contributed by atoms with Gasteiger partial charge in [0.25, 0.3) is 0 Å². The quantitative estimate of drug-likeness (QED) is 0.516. The molecule has 2 N–H and O–H groups in total. The number of amides is 1. The smallest absolute Gasteiger partial charge is 0.238 e. The molecule has 0 spiro atoms. The van der Waals surface area contributed by atoms with Gasteiger partial charge in [-0.15, -0.1) is 0 Å². The van der Waals surface area contributed by atoms with E-state index in [0.29, 0.717) is 24.6 Å². The second-order valence-electron chi connectivity index (χ2n) is 7.90. The van der Waals surface area contributed by atoms with Crippen LogP contribution in [0.5, 0.6) is 11.5 Å². The first kappa shape index (κ1) is 24.5. The molecule has 0 aliphatic carbocycles. The molecule has 1 amide bonds. The Labute approximate surface area is 198 Å². The van der Waals surface area contributed by atoms with Crippen LogP contribution < -0.4 is 14.8 Å². The van der Waals surface area contributed by atoms with Gasteiger partial charge >= 0.3 is 0 Å². The lowest BCUT2D eigenvalue weighted by molar-refractivity contribution is -0.117. The van der Waals surface area contributed by atoms with Crippen molar-refractivity contribution in [3.8, 4) is 11.5 Å². The molecule has 1 unspecified atom stereocenters. The molecule has 3 rings (SSSR count). The second-order valence-corrected chi connectivity index (χ2v) is 8.75. The largest absolute Gasteiger partial charge is 0.493 e. The van der Waals surface area contributed by atoms with Crippen molar-refractivity contribution in [1.82, 2.24) is 9.80 Å². The normalized spacial score (nSPS) is 15.9. The van der Waals surface area contributed by atoms with Gasteiger partial charge in [0, 0.05) is 42.9 Å². The molecule has 1 aliphatic rings. The van der Waals surface area contributed by atoms with Gasteiger partial charge in [-0.3, -0.25) is 14.6 Å². The monoisotopic (exact) mass is 505 g/mol. The van der Waals surface area contributed by atoms with Gasteiger partial charge in [-0.2, -0.15) is 0 Å². The number of methoxy groups -OCH3 is 1. The summed E-state index contributed by atoms with van der Waals surface area (Å²) in [5.74, 6) is 1.27. The lowest BCUT2D eigenvalue weighted by atomic mass is 10.1. The molecule has 8 heteroatoms. The molecule has 2 aromatic carbocycles. The van der Waals surface area contributed by atoms with Gasteiger partial charge in [-0.1, -0.05) is 41.1 Å². The highest BCUT2D eigenvalue weighted by Gasteiger charge is 2.21. The molecule has 0 radical (unpaired) electrons. The number of para-hydroxylation sites is 2. The Morgan fingerprint density at radius 1 is 1.12 bits per heavy atom. The fourth-order valence-corrected chi connectivity index (χ4v) is 4.38. The number of piperazine rings is 1. The highest BCUT2D eigenvalue weighted by Crippen LogP contribution is 2.26. The molecule has 1 aliphatic heterocycles. The SMILES string of the molecule is CCc1ccc(NC(=O)CN2CCN(CC(O)COc3ccccc3OC)CC2)cc1Br. The number of rotatable bonds is 10. The predicted molar refractivity (Wildman–Crippen MR) is 130 cm³/mol. The van der Waals surface area contributed by atoms with E-state index in [1.807, 2.05) is 42.5 Å². The Bertz CT molecular complexity index is 887. The van der Waals surface area contributed by atoms with E-state index in [-0.39, 0.29) is 12.5 Å². The minimum atomic E-state index is -0.598. The van der Waals surface area contributed by atoms with Crippen molar-refractivity contribution in [2.45, 2.75) is 19.4 Å². The van der Waals surface area contributed by atoms with Crippen LogP contribution in [0.4, 0.5) is 5.69 Å². The summed E-state index contributed by atoms with van der Waals surface area (Å²) in [7, 11) is 1.60. The third-order valence-corrected chi connectivity index (χ3v) is 6.26. The summed E-state index contributed by atoms with van der Waals surface area (Å²) < 4.78 is 12.0. The van der Waals surface area contributed by atoms with E-state index in [4.69, 9.17) is 9.47 Å². The highest BCUT2D eigenvalue weighted by atomic mass is 79.9. The maximum Gasteiger partial charge on any atom is 0.238 e. The number of aryl methyl sites for hydroxylation is 1. The van der Waals surface area contributed by atoms with Gasteiger partial charge in [0.05, 0.1) is 13.7 Å². The van der Waals surface area contributed by atoms with Crippen LogP contribution in [0.1, 0.15) is 12.5 Å². The first-order chi connectivity index (χ1) is 15.5. The topological polar surface area (TPSA) is 74.3 Å². The molecule has 0 saturated carbocycles. The first-order valence-electron chi connectivity index (χ1n) is 10.9. The molecular weight excluding hydrogens is 474 g/mol. The number of β-amino-alcohol motifs (C(OH)–C–C–N with tert-alkyl or cyclic N) is 1. The van der Waals surface area contributed by atoms with E-state index in [0.717, 1.165) is 42.8 Å². The maximum absolute atomic E-state index is 12.4. The molecule has 7 nitrogen and oxygen atoms in total. The zero-order chi connectivity index (χ0) is 22.9. The minimum Gasteiger partial charge on any atom is -0.493 e. The van der Waals surface area contributed by atoms with Crippen LogP contribution in [-0.4, -0.2) is 79.9 Å². The molecule has 1 saturated heterocycles. The molecule has 1 atom stereocenters. The lowest BCUT2D eigenvalue weighted by Crippen LogP contribution is -2.50. The van der Waals surface area contributed by atoms with Crippen molar-refractivity contribution >= 4 is 27.5 Å². The summed E-state index contributed by atoms with van der Waals surface area (Å²) >= 11 is 3.55. The zero-order valence-corrected chi connectivity index (χ0v) is 20.3. The molecule has 0 bridgehead atoms. The summed E-state index contributed by atoms with van der Waals surface area (Å²) in [6.07, 6.45) is 0.347. The van der Waals surface area contributed by atoms with Crippen LogP contribution in [0.2, 0.25) is 0 Å². The van der Waals surface area contributed by atoms with Gasteiger partial charge in [0.15, 0.2) is 11.5 Å². The number of aliphatic hydroxyl groups excluding tert-OH is 1. The van der Waals surface area contributed by atoms with Crippen LogP contribution in [0.3, 0.4) is 0 Å². The Morgan fingerprint density at radius 2 is 1.81 bits per heavy atom. The number of aliphatic hydroxyl groups is 1. The predicted octanol–water partition coefficient (Wildman–Crippen LogP) is 3.02. The average molecular weight is 506 g/mol. The van der Waals surface area contributed by atoms with Crippen LogP contribution in [-0.2, 0) is 11.2 Å². The van der Waals surface area contributed by atoms with E-state index in [1.54, 1.807) is 7.11 Å². The Kier molecular flexibility index (Phi) is 9.35. The standard InChI is InChI=1S/C24H32BrN3O4/c1-3-18-8-9-19(14-21(18)25)26-24(30)16-28-12-10-27(11-13-28)15-20(29)17-32-23-7-5-4-6-22(23)31-2/h4-9,14,20,29H,3,10-13,15-17H2,1-2H3,(H,26,30). The van der Waals surface area contributed by atoms with Crippen molar-refractivity contribution in [2.24, 2.45) is 0 Å². The number of carbonyl (C=O) groups excluding carboxylic acids is 1. The molecular formula is C24H32BrN3O4. The first-order valence-corrected chi connectivity index (χ1v) is 11.7. The van der Waals surface area contributed by atoms with Gasteiger partial charge in [-0.05, 0) is 36.2 Å². The fourth-order valence-electron chi connectivity index (χ4n) is 3.72. The summed E-state index contributed by atoms with van der Waals surface area (Å²) in [6, 6.07) is 13.3. The number of carbonyl (C=O) groups is 1. The molecule has 174 valence electrons.